The fourth-order valence-electron chi connectivity index (χ4n) is 2.73. The Morgan fingerprint density at radius 3 is 1.73 bits per heavy atom. The van der Waals surface area contributed by atoms with Crippen molar-refractivity contribution < 1.29 is 146 Å². The van der Waals surface area contributed by atoms with Gasteiger partial charge in [0, 0.05) is 5.39 Å². The van der Waals surface area contributed by atoms with Gasteiger partial charge in [0.25, 0.3) is 0 Å². The van der Waals surface area contributed by atoms with Crippen LogP contribution in [0.2, 0.25) is 0 Å². The Bertz CT molecular complexity index is 1820. The minimum atomic E-state index is -5.16. The predicted octanol–water partition coefficient (Wildman–Crippen LogP) is -7.61. The molecule has 0 unspecified atom stereocenters. The number of hydrogen-bond donors (Lipinski definition) is 2. The molecule has 0 spiro atoms. The Balaban J connectivity index is 0. The van der Waals surface area contributed by atoms with Crippen molar-refractivity contribution in [1.29, 1.82) is 0 Å². The molecule has 0 bridgehead atoms. The van der Waals surface area contributed by atoms with Gasteiger partial charge in [0.2, 0.25) is 10.4 Å². The molecular weight excluding hydrogens is 649 g/mol. The standard InChI is InChI=1S/C18H15N2O9S3.3Na.H2O4S/c1-2-30(22,23)12-5-7-15(17(10-12)32(27,28)29)19-20-18-14-6-4-13(31(24,25)26)9-11(14)3-8-16(18)21;;;;1-5(2,3)4/h3-10,21H,1-2H2,(H,24,25,26)(H,27,28,29);;;;(H2,1,2,3,4)/q-1;3*+1;/p-3. The Morgan fingerprint density at radius 2 is 1.25 bits per heavy atom. The van der Waals surface area contributed by atoms with Gasteiger partial charge in [0.1, 0.15) is 37.4 Å². The summed E-state index contributed by atoms with van der Waals surface area (Å²) in [6.45, 7) is 3.24. The molecule has 0 saturated carbocycles. The van der Waals surface area contributed by atoms with Gasteiger partial charge in [-0.05, 0) is 41.8 Å². The zero-order valence-corrected chi connectivity index (χ0v) is 30.2. The minimum absolute atomic E-state index is 0. The van der Waals surface area contributed by atoms with Crippen LogP contribution in [0.3, 0.4) is 0 Å². The molecule has 22 heteroatoms. The van der Waals surface area contributed by atoms with Crippen LogP contribution in [0, 0.1) is 6.92 Å². The Hall–Kier alpha value is -0.0400. The molecule has 3 rings (SSSR count). The Morgan fingerprint density at radius 1 is 0.725 bits per heavy atom. The van der Waals surface area contributed by atoms with Crippen LogP contribution < -0.4 is 88.7 Å². The maximum atomic E-state index is 11.9. The van der Waals surface area contributed by atoms with Gasteiger partial charge in [-0.25, -0.2) is 33.7 Å². The topological polar surface area (TPSA) is 271 Å². The van der Waals surface area contributed by atoms with E-state index >= 15 is 0 Å². The zero-order chi connectivity index (χ0) is 28.4. The third-order valence-corrected chi connectivity index (χ3v) is 7.52. The first kappa shape index (κ1) is 42.1. The summed E-state index contributed by atoms with van der Waals surface area (Å²) in [6, 6.07) is 8.35. The SMILES string of the molecule is O=S(=O)([O-])O.[CH2-]CS(=O)(=O)c1ccc(N=Nc2c(O)ccc3cc(S(=O)(=O)[O-])ccc23)c(S(=O)(=O)[O-])c1.[Na+].[Na+].[Na+]. The molecule has 0 saturated heterocycles. The first-order chi connectivity index (χ1) is 16.7. The molecule has 3 aromatic carbocycles. The largest absolute Gasteiger partial charge is 1.00 e. The van der Waals surface area contributed by atoms with Gasteiger partial charge >= 0.3 is 88.7 Å². The number of sulfone groups is 1. The van der Waals surface area contributed by atoms with E-state index < -0.39 is 72.3 Å². The number of aromatic hydroxyl groups is 1. The first-order valence-corrected chi connectivity index (χ1v) is 15.0. The number of phenols is 1. The van der Waals surface area contributed by atoms with Crippen molar-refractivity contribution in [3.05, 3.63) is 55.5 Å². The molecule has 202 valence electrons. The number of phenolic OH excluding ortho intramolecular Hbond substituents is 1. The molecule has 0 heterocycles. The van der Waals surface area contributed by atoms with E-state index in [1.165, 1.54) is 12.1 Å². The van der Waals surface area contributed by atoms with Crippen LogP contribution in [0.15, 0.2) is 73.4 Å². The average molecular weight is 664 g/mol. The molecule has 15 nitrogen and oxygen atoms in total. The van der Waals surface area contributed by atoms with Crippen molar-refractivity contribution >= 4 is 62.6 Å². The summed E-state index contributed by atoms with van der Waals surface area (Å²) in [7, 11) is -18.7. The van der Waals surface area contributed by atoms with E-state index in [0.29, 0.717) is 6.07 Å². The van der Waals surface area contributed by atoms with Gasteiger partial charge in [0.05, 0.1) is 14.7 Å². The van der Waals surface area contributed by atoms with E-state index in [9.17, 15) is 39.5 Å². The van der Waals surface area contributed by atoms with Crippen LogP contribution in [0.25, 0.3) is 10.8 Å². The van der Waals surface area contributed by atoms with Crippen molar-refractivity contribution in [3.8, 4) is 5.75 Å². The summed E-state index contributed by atoms with van der Waals surface area (Å²) in [6.07, 6.45) is 0. The third kappa shape index (κ3) is 12.3. The Kier molecular flexibility index (Phi) is 17.0. The summed E-state index contributed by atoms with van der Waals surface area (Å²) in [5.41, 5.74) is -0.695. The minimum Gasteiger partial charge on any atom is -0.744 e. The molecule has 0 aliphatic carbocycles. The molecule has 0 aliphatic rings. The molecule has 0 atom stereocenters. The number of nitrogens with zero attached hydrogens (tertiary/aromatic N) is 2. The van der Waals surface area contributed by atoms with Crippen LogP contribution in [0.5, 0.6) is 5.75 Å². The van der Waals surface area contributed by atoms with Gasteiger partial charge in [-0.15, -0.1) is 10.2 Å². The van der Waals surface area contributed by atoms with Crippen molar-refractivity contribution in [2.24, 2.45) is 10.2 Å². The van der Waals surface area contributed by atoms with E-state index in [1.807, 2.05) is 0 Å². The number of rotatable bonds is 6. The number of azo groups is 1. The second kappa shape index (κ2) is 16.1. The fourth-order valence-corrected chi connectivity index (χ4v) is 4.76. The maximum Gasteiger partial charge on any atom is 1.00 e. The summed E-state index contributed by atoms with van der Waals surface area (Å²) in [5, 5.41) is 17.9. The maximum absolute atomic E-state index is 11.9. The third-order valence-electron chi connectivity index (χ3n) is 4.32. The van der Waals surface area contributed by atoms with Crippen LogP contribution in [0.1, 0.15) is 0 Å². The van der Waals surface area contributed by atoms with Crippen molar-refractivity contribution in [2.45, 2.75) is 14.7 Å². The number of fused-ring (bicyclic) bond motifs is 1. The fraction of sp³-hybridized carbons (Fsp3) is 0.0556. The first-order valence-electron chi connectivity index (χ1n) is 9.17. The quantitative estimate of drug-likeness (QED) is 0.0817. The predicted molar refractivity (Wildman–Crippen MR) is 122 cm³/mol. The van der Waals surface area contributed by atoms with Crippen molar-refractivity contribution in [2.75, 3.05) is 5.75 Å². The van der Waals surface area contributed by atoms with Crippen LogP contribution >= 0.6 is 0 Å². The smallest absolute Gasteiger partial charge is 0.744 e. The van der Waals surface area contributed by atoms with E-state index in [4.69, 9.17) is 17.5 Å². The number of hydrogen-bond acceptors (Lipinski definition) is 14. The van der Waals surface area contributed by atoms with E-state index in [-0.39, 0.29) is 105 Å². The second-order valence-corrected chi connectivity index (χ2v) is 12.5. The molecule has 0 radical (unpaired) electrons. The Labute approximate surface area is 296 Å². The average Bonchev–Trinajstić information content (AvgIpc) is 2.75. The monoisotopic (exact) mass is 663 g/mol. The molecule has 40 heavy (non-hydrogen) atoms. The molecule has 0 fully saturated rings. The van der Waals surface area contributed by atoms with Crippen molar-refractivity contribution in [3.63, 3.8) is 0 Å². The number of benzene rings is 3. The normalized spacial score (nSPS) is 11.9. The van der Waals surface area contributed by atoms with Gasteiger partial charge in [-0.3, -0.25) is 4.55 Å². The van der Waals surface area contributed by atoms with E-state index in [1.54, 1.807) is 0 Å². The van der Waals surface area contributed by atoms with E-state index in [0.717, 1.165) is 30.3 Å². The second-order valence-electron chi connectivity index (χ2n) is 6.80. The van der Waals surface area contributed by atoms with Crippen LogP contribution in [-0.2, 0) is 40.5 Å². The molecule has 0 aromatic heterocycles. The van der Waals surface area contributed by atoms with Gasteiger partial charge in [-0.1, -0.05) is 17.9 Å². The molecule has 0 amide bonds. The van der Waals surface area contributed by atoms with Crippen LogP contribution in [-0.4, -0.2) is 62.7 Å². The summed E-state index contributed by atoms with van der Waals surface area (Å²) in [5.74, 6) is -0.987. The van der Waals surface area contributed by atoms with Crippen molar-refractivity contribution in [1.82, 2.24) is 0 Å². The van der Waals surface area contributed by atoms with Gasteiger partial charge in [0.15, 0.2) is 9.84 Å². The van der Waals surface area contributed by atoms with E-state index in [2.05, 4.69) is 17.2 Å². The summed E-state index contributed by atoms with van der Waals surface area (Å²) in [4.78, 5) is -1.91. The van der Waals surface area contributed by atoms with Crippen LogP contribution in [0.4, 0.5) is 11.4 Å². The summed E-state index contributed by atoms with van der Waals surface area (Å²) >= 11 is 0. The molecule has 0 aliphatic heterocycles. The summed E-state index contributed by atoms with van der Waals surface area (Å²) < 4.78 is 125. The molecule has 2 N–H and O–H groups in total. The molecular formula is C18H14N2Na3O13S4-. The molecule has 3 aromatic rings. The zero-order valence-electron chi connectivity index (χ0n) is 20.9. The van der Waals surface area contributed by atoms with Gasteiger partial charge < -0.3 is 25.7 Å². The van der Waals surface area contributed by atoms with Gasteiger partial charge in [-0.2, -0.15) is 0 Å².